The number of halogens is 1. The van der Waals surface area contributed by atoms with E-state index in [1.807, 2.05) is 4.57 Å². The van der Waals surface area contributed by atoms with Crippen LogP contribution in [0.5, 0.6) is 0 Å². The largest absolute Gasteiger partial charge is 0.481 e. The summed E-state index contributed by atoms with van der Waals surface area (Å²) in [4.78, 5) is 24.1. The van der Waals surface area contributed by atoms with Gasteiger partial charge in [-0.1, -0.05) is 0 Å². The van der Waals surface area contributed by atoms with E-state index in [-0.39, 0.29) is 5.78 Å². The lowest BCUT2D eigenvalue weighted by Crippen LogP contribution is -2.24. The van der Waals surface area contributed by atoms with Gasteiger partial charge in [-0.25, -0.2) is 4.39 Å². The monoisotopic (exact) mass is 301 g/mol. The SMILES string of the molecule is Cc1cc2n(c1C(=O)c1ccc(F)cc1)CCCC2C(=O)O. The molecule has 3 rings (SSSR count). The molecule has 114 valence electrons. The van der Waals surface area contributed by atoms with Gasteiger partial charge in [0.25, 0.3) is 0 Å². The molecule has 0 amide bonds. The molecule has 2 aromatic rings. The van der Waals surface area contributed by atoms with E-state index < -0.39 is 17.7 Å². The number of aliphatic carboxylic acids is 1. The Morgan fingerprint density at radius 1 is 1.27 bits per heavy atom. The summed E-state index contributed by atoms with van der Waals surface area (Å²) in [7, 11) is 0. The number of hydrogen-bond donors (Lipinski definition) is 1. The van der Waals surface area contributed by atoms with E-state index in [1.54, 1.807) is 13.0 Å². The third kappa shape index (κ3) is 2.32. The second kappa shape index (κ2) is 5.40. The fourth-order valence-corrected chi connectivity index (χ4v) is 3.13. The second-order valence-corrected chi connectivity index (χ2v) is 5.62. The van der Waals surface area contributed by atoms with Gasteiger partial charge in [0.05, 0.1) is 11.6 Å². The first-order chi connectivity index (χ1) is 10.5. The maximum atomic E-state index is 13.0. The van der Waals surface area contributed by atoms with Crippen LogP contribution in [0.4, 0.5) is 4.39 Å². The third-order valence-electron chi connectivity index (χ3n) is 4.17. The highest BCUT2D eigenvalue weighted by molar-refractivity contribution is 6.09. The molecule has 1 aliphatic heterocycles. The first-order valence-electron chi connectivity index (χ1n) is 7.22. The fourth-order valence-electron chi connectivity index (χ4n) is 3.13. The van der Waals surface area contributed by atoms with Crippen molar-refractivity contribution >= 4 is 11.8 Å². The minimum absolute atomic E-state index is 0.199. The van der Waals surface area contributed by atoms with Crippen LogP contribution in [0, 0.1) is 12.7 Å². The number of carboxylic acid groups (broad SMARTS) is 1. The van der Waals surface area contributed by atoms with Crippen LogP contribution in [0.1, 0.15) is 46.1 Å². The average molecular weight is 301 g/mol. The molecule has 4 nitrogen and oxygen atoms in total. The Hall–Kier alpha value is -2.43. The minimum Gasteiger partial charge on any atom is -0.481 e. The number of fused-ring (bicyclic) bond motifs is 1. The van der Waals surface area contributed by atoms with Crippen LogP contribution in [-0.4, -0.2) is 21.4 Å². The fraction of sp³-hybridized carbons (Fsp3) is 0.294. The lowest BCUT2D eigenvalue weighted by atomic mass is 9.96. The molecular formula is C17H16FNO3. The Labute approximate surface area is 127 Å². The van der Waals surface area contributed by atoms with Crippen molar-refractivity contribution < 1.29 is 19.1 Å². The predicted octanol–water partition coefficient (Wildman–Crippen LogP) is 3.13. The molecule has 1 atom stereocenters. The predicted molar refractivity (Wildman–Crippen MR) is 78.6 cm³/mol. The molecular weight excluding hydrogens is 285 g/mol. The quantitative estimate of drug-likeness (QED) is 0.886. The van der Waals surface area contributed by atoms with Crippen molar-refractivity contribution in [1.82, 2.24) is 4.57 Å². The van der Waals surface area contributed by atoms with Gasteiger partial charge >= 0.3 is 5.97 Å². The zero-order valence-electron chi connectivity index (χ0n) is 12.2. The number of carbonyl (C=O) groups is 2. The number of carboxylic acids is 1. The van der Waals surface area contributed by atoms with Gasteiger partial charge in [-0.15, -0.1) is 0 Å². The Morgan fingerprint density at radius 2 is 1.95 bits per heavy atom. The molecule has 1 aromatic carbocycles. The number of carbonyl (C=O) groups excluding carboxylic acids is 1. The van der Waals surface area contributed by atoms with E-state index in [9.17, 15) is 19.1 Å². The lowest BCUT2D eigenvalue weighted by molar-refractivity contribution is -0.139. The van der Waals surface area contributed by atoms with Crippen LogP contribution in [0.3, 0.4) is 0 Å². The van der Waals surface area contributed by atoms with Crippen molar-refractivity contribution in [1.29, 1.82) is 0 Å². The topological polar surface area (TPSA) is 59.3 Å². The highest BCUT2D eigenvalue weighted by Crippen LogP contribution is 2.32. The van der Waals surface area contributed by atoms with Crippen molar-refractivity contribution in [3.63, 3.8) is 0 Å². The molecule has 0 fully saturated rings. The Balaban J connectivity index is 2.07. The summed E-state index contributed by atoms with van der Waals surface area (Å²) in [6, 6.07) is 7.20. The van der Waals surface area contributed by atoms with E-state index in [0.717, 1.165) is 12.0 Å². The van der Waals surface area contributed by atoms with Crippen LogP contribution in [0.15, 0.2) is 30.3 Å². The summed E-state index contributed by atoms with van der Waals surface area (Å²) < 4.78 is 14.8. The van der Waals surface area contributed by atoms with Crippen LogP contribution in [-0.2, 0) is 11.3 Å². The van der Waals surface area contributed by atoms with Gasteiger partial charge in [-0.2, -0.15) is 0 Å². The van der Waals surface area contributed by atoms with Gasteiger partial charge in [0.15, 0.2) is 0 Å². The molecule has 0 spiro atoms. The zero-order valence-corrected chi connectivity index (χ0v) is 12.2. The summed E-state index contributed by atoms with van der Waals surface area (Å²) in [5.74, 6) is -2.02. The van der Waals surface area contributed by atoms with Crippen molar-refractivity contribution in [2.24, 2.45) is 0 Å². The molecule has 0 saturated carbocycles. The second-order valence-electron chi connectivity index (χ2n) is 5.62. The molecule has 22 heavy (non-hydrogen) atoms. The lowest BCUT2D eigenvalue weighted by Gasteiger charge is -2.23. The number of benzene rings is 1. The maximum absolute atomic E-state index is 13.0. The molecule has 5 heteroatoms. The maximum Gasteiger partial charge on any atom is 0.312 e. The van der Waals surface area contributed by atoms with E-state index >= 15 is 0 Å². The van der Waals surface area contributed by atoms with Gasteiger partial charge in [-0.3, -0.25) is 9.59 Å². The number of hydrogen-bond acceptors (Lipinski definition) is 2. The van der Waals surface area contributed by atoms with Gasteiger partial charge in [-0.05, 0) is 55.7 Å². The standard InChI is InChI=1S/C17H16FNO3/c1-10-9-14-13(17(21)22)3-2-8-19(14)15(10)16(20)11-4-6-12(18)7-5-11/h4-7,9,13H,2-3,8H2,1H3,(H,21,22). The van der Waals surface area contributed by atoms with E-state index in [4.69, 9.17) is 0 Å². The molecule has 1 N–H and O–H groups in total. The third-order valence-corrected chi connectivity index (χ3v) is 4.17. The molecule has 0 saturated heterocycles. The first kappa shape index (κ1) is 14.5. The molecule has 1 aromatic heterocycles. The highest BCUT2D eigenvalue weighted by Gasteiger charge is 2.31. The molecule has 2 heterocycles. The van der Waals surface area contributed by atoms with Crippen molar-refractivity contribution in [3.8, 4) is 0 Å². The molecule has 0 radical (unpaired) electrons. The van der Waals surface area contributed by atoms with E-state index in [1.165, 1.54) is 24.3 Å². The summed E-state index contributed by atoms with van der Waals surface area (Å²) in [5, 5.41) is 9.33. The van der Waals surface area contributed by atoms with Crippen molar-refractivity contribution in [2.45, 2.75) is 32.2 Å². The van der Waals surface area contributed by atoms with Crippen molar-refractivity contribution in [3.05, 3.63) is 58.7 Å². The van der Waals surface area contributed by atoms with E-state index in [2.05, 4.69) is 0 Å². The van der Waals surface area contributed by atoms with Gasteiger partial charge in [0, 0.05) is 17.8 Å². The van der Waals surface area contributed by atoms with Gasteiger partial charge in [0.1, 0.15) is 5.82 Å². The van der Waals surface area contributed by atoms with Gasteiger partial charge < -0.3 is 9.67 Å². The number of rotatable bonds is 3. The summed E-state index contributed by atoms with van der Waals surface area (Å²) in [5.41, 5.74) is 2.36. The molecule has 0 bridgehead atoms. The number of aryl methyl sites for hydroxylation is 1. The molecule has 0 aliphatic carbocycles. The zero-order chi connectivity index (χ0) is 15.9. The summed E-state index contributed by atoms with van der Waals surface area (Å²) >= 11 is 0. The normalized spacial score (nSPS) is 17.1. The van der Waals surface area contributed by atoms with Crippen molar-refractivity contribution in [2.75, 3.05) is 0 Å². The van der Waals surface area contributed by atoms with E-state index in [0.29, 0.717) is 29.9 Å². The first-order valence-corrected chi connectivity index (χ1v) is 7.22. The van der Waals surface area contributed by atoms with Crippen LogP contribution >= 0.6 is 0 Å². The molecule has 1 aliphatic rings. The number of ketones is 1. The van der Waals surface area contributed by atoms with Crippen LogP contribution < -0.4 is 0 Å². The number of nitrogens with zero attached hydrogens (tertiary/aromatic N) is 1. The molecule has 1 unspecified atom stereocenters. The number of aromatic nitrogens is 1. The average Bonchev–Trinajstić information content (AvgIpc) is 2.82. The minimum atomic E-state index is -0.862. The Morgan fingerprint density at radius 3 is 2.59 bits per heavy atom. The van der Waals surface area contributed by atoms with Crippen LogP contribution in [0.2, 0.25) is 0 Å². The summed E-state index contributed by atoms with van der Waals surface area (Å²) in [6.07, 6.45) is 1.31. The highest BCUT2D eigenvalue weighted by atomic mass is 19.1. The van der Waals surface area contributed by atoms with Crippen LogP contribution in [0.25, 0.3) is 0 Å². The Bertz CT molecular complexity index is 746. The van der Waals surface area contributed by atoms with Gasteiger partial charge in [0.2, 0.25) is 5.78 Å². The smallest absolute Gasteiger partial charge is 0.312 e. The summed E-state index contributed by atoms with van der Waals surface area (Å²) in [6.45, 7) is 2.44. The Kier molecular flexibility index (Phi) is 3.56.